The summed E-state index contributed by atoms with van der Waals surface area (Å²) < 4.78 is 26.3. The van der Waals surface area contributed by atoms with Gasteiger partial charge in [0, 0.05) is 5.56 Å². The minimum absolute atomic E-state index is 0.0570. The van der Waals surface area contributed by atoms with Gasteiger partial charge in [0.1, 0.15) is 5.75 Å². The van der Waals surface area contributed by atoms with E-state index >= 15 is 0 Å². The Balaban J connectivity index is 3.26. The van der Waals surface area contributed by atoms with Crippen LogP contribution in [0.3, 0.4) is 0 Å². The molecule has 0 aliphatic rings. The van der Waals surface area contributed by atoms with Crippen LogP contribution in [-0.4, -0.2) is 11.7 Å². The third kappa shape index (κ3) is 1.85. The number of rotatable bonds is 2. The van der Waals surface area contributed by atoms with E-state index in [0.29, 0.717) is 11.1 Å². The van der Waals surface area contributed by atoms with Crippen molar-refractivity contribution in [3.8, 4) is 5.75 Å². The van der Waals surface area contributed by atoms with Crippen LogP contribution in [0.5, 0.6) is 5.75 Å². The molecule has 0 aliphatic heterocycles. The molecule has 0 saturated heterocycles. The lowest BCUT2D eigenvalue weighted by Crippen LogP contribution is -2.25. The first kappa shape index (κ1) is 10.9. The molecule has 2 nitrogen and oxygen atoms in total. The molecule has 0 atom stereocenters. The lowest BCUT2D eigenvalue weighted by atomic mass is 10.0. The summed E-state index contributed by atoms with van der Waals surface area (Å²) in [7, 11) is 0. The molecule has 3 N–H and O–H groups in total. The topological polar surface area (TPSA) is 46.2 Å². The molecule has 0 unspecified atom stereocenters. The zero-order valence-electron chi connectivity index (χ0n) is 8.14. The van der Waals surface area contributed by atoms with Crippen LogP contribution in [0, 0.1) is 13.8 Å². The molecule has 1 aromatic carbocycles. The molecule has 0 radical (unpaired) electrons. The van der Waals surface area contributed by atoms with Crippen LogP contribution in [0.2, 0.25) is 0 Å². The van der Waals surface area contributed by atoms with Gasteiger partial charge < -0.3 is 10.8 Å². The molecule has 1 aromatic rings. The number of nitrogens with two attached hydrogens (primary N) is 1. The standard InChI is InChI=1S/C10H13F2NO/c1-6-3-8(10(11,12)5-13)4-7(2)9(6)14/h3-4,14H,5,13H2,1-2H3. The molecule has 0 amide bonds. The predicted octanol–water partition coefficient (Wildman–Crippen LogP) is 2.06. The summed E-state index contributed by atoms with van der Waals surface area (Å²) in [6, 6.07) is 2.52. The van der Waals surface area contributed by atoms with Crippen LogP contribution in [0.1, 0.15) is 16.7 Å². The highest BCUT2D eigenvalue weighted by Crippen LogP contribution is 2.32. The van der Waals surface area contributed by atoms with Gasteiger partial charge in [0.2, 0.25) is 0 Å². The van der Waals surface area contributed by atoms with Crippen LogP contribution in [0.4, 0.5) is 8.78 Å². The monoisotopic (exact) mass is 201 g/mol. The normalized spacial score (nSPS) is 11.8. The van der Waals surface area contributed by atoms with E-state index in [4.69, 9.17) is 5.73 Å². The second-order valence-corrected chi connectivity index (χ2v) is 3.37. The molecule has 0 fully saturated rings. The smallest absolute Gasteiger partial charge is 0.285 e. The van der Waals surface area contributed by atoms with E-state index < -0.39 is 12.5 Å². The van der Waals surface area contributed by atoms with Crippen molar-refractivity contribution in [1.29, 1.82) is 0 Å². The number of benzene rings is 1. The first-order valence-corrected chi connectivity index (χ1v) is 4.27. The maximum Gasteiger partial charge on any atom is 0.285 e. The number of phenolic OH excluding ortho intramolecular Hbond substituents is 1. The summed E-state index contributed by atoms with van der Waals surface area (Å²) in [5.74, 6) is -2.97. The Morgan fingerprint density at radius 1 is 1.29 bits per heavy atom. The average molecular weight is 201 g/mol. The fourth-order valence-corrected chi connectivity index (χ4v) is 1.28. The van der Waals surface area contributed by atoms with Crippen molar-refractivity contribution in [3.63, 3.8) is 0 Å². The van der Waals surface area contributed by atoms with Crippen LogP contribution >= 0.6 is 0 Å². The predicted molar refractivity (Wildman–Crippen MR) is 50.5 cm³/mol. The Morgan fingerprint density at radius 2 is 1.71 bits per heavy atom. The van der Waals surface area contributed by atoms with Crippen molar-refractivity contribution in [3.05, 3.63) is 28.8 Å². The second kappa shape index (κ2) is 3.53. The maximum atomic E-state index is 13.2. The van der Waals surface area contributed by atoms with Crippen molar-refractivity contribution in [2.45, 2.75) is 19.8 Å². The number of aryl methyl sites for hydroxylation is 2. The molecule has 0 bridgehead atoms. The third-order valence-electron chi connectivity index (χ3n) is 2.17. The quantitative estimate of drug-likeness (QED) is 0.769. The van der Waals surface area contributed by atoms with E-state index in [1.54, 1.807) is 13.8 Å². The average Bonchev–Trinajstić information content (AvgIpc) is 2.13. The molecule has 1 rings (SSSR count). The Hall–Kier alpha value is -1.16. The van der Waals surface area contributed by atoms with Crippen molar-refractivity contribution >= 4 is 0 Å². The summed E-state index contributed by atoms with van der Waals surface area (Å²) >= 11 is 0. The van der Waals surface area contributed by atoms with E-state index in [1.807, 2.05) is 0 Å². The molecule has 78 valence electrons. The SMILES string of the molecule is Cc1cc(C(F)(F)CN)cc(C)c1O. The van der Waals surface area contributed by atoms with Gasteiger partial charge in [0.05, 0.1) is 6.54 Å². The Morgan fingerprint density at radius 3 is 2.07 bits per heavy atom. The first-order chi connectivity index (χ1) is 6.38. The fraction of sp³-hybridized carbons (Fsp3) is 0.400. The molecule has 0 aromatic heterocycles. The lowest BCUT2D eigenvalue weighted by molar-refractivity contribution is 0.00580. The number of alkyl halides is 2. The summed E-state index contributed by atoms with van der Waals surface area (Å²) in [6.45, 7) is 2.44. The fourth-order valence-electron chi connectivity index (χ4n) is 1.28. The van der Waals surface area contributed by atoms with Crippen molar-refractivity contribution in [1.82, 2.24) is 0 Å². The highest BCUT2D eigenvalue weighted by atomic mass is 19.3. The van der Waals surface area contributed by atoms with Crippen LogP contribution < -0.4 is 5.73 Å². The molecule has 0 aliphatic carbocycles. The van der Waals surface area contributed by atoms with Crippen molar-refractivity contribution in [2.75, 3.05) is 6.54 Å². The van der Waals surface area contributed by atoms with Gasteiger partial charge in [0.15, 0.2) is 0 Å². The van der Waals surface area contributed by atoms with Crippen molar-refractivity contribution < 1.29 is 13.9 Å². The Labute approximate surface area is 81.4 Å². The van der Waals surface area contributed by atoms with E-state index in [9.17, 15) is 13.9 Å². The van der Waals surface area contributed by atoms with E-state index in [-0.39, 0.29) is 11.3 Å². The minimum atomic E-state index is -3.02. The minimum Gasteiger partial charge on any atom is -0.507 e. The van der Waals surface area contributed by atoms with Crippen LogP contribution in [0.25, 0.3) is 0 Å². The summed E-state index contributed by atoms with van der Waals surface area (Å²) in [5, 5.41) is 9.39. The lowest BCUT2D eigenvalue weighted by Gasteiger charge is -2.16. The van der Waals surface area contributed by atoms with Crippen LogP contribution in [-0.2, 0) is 5.92 Å². The number of aromatic hydroxyl groups is 1. The summed E-state index contributed by atoms with van der Waals surface area (Å²) in [4.78, 5) is 0. The Kier molecular flexibility index (Phi) is 2.76. The van der Waals surface area contributed by atoms with E-state index in [0.717, 1.165) is 0 Å². The molecule has 4 heteroatoms. The first-order valence-electron chi connectivity index (χ1n) is 4.27. The Bertz CT molecular complexity index is 327. The van der Waals surface area contributed by atoms with Gasteiger partial charge in [-0.2, -0.15) is 8.78 Å². The molecule has 0 saturated carbocycles. The second-order valence-electron chi connectivity index (χ2n) is 3.37. The zero-order valence-corrected chi connectivity index (χ0v) is 8.14. The van der Waals surface area contributed by atoms with Gasteiger partial charge >= 0.3 is 0 Å². The number of halogens is 2. The number of hydrogen-bond donors (Lipinski definition) is 2. The van der Waals surface area contributed by atoms with Crippen LogP contribution in [0.15, 0.2) is 12.1 Å². The summed E-state index contributed by atoms with van der Waals surface area (Å²) in [6.07, 6.45) is 0. The largest absolute Gasteiger partial charge is 0.507 e. The van der Waals surface area contributed by atoms with E-state index in [1.165, 1.54) is 12.1 Å². The van der Waals surface area contributed by atoms with Gasteiger partial charge in [-0.1, -0.05) is 0 Å². The molecular formula is C10H13F2NO. The summed E-state index contributed by atoms with van der Waals surface area (Å²) in [5.41, 5.74) is 5.69. The molecule has 0 spiro atoms. The van der Waals surface area contributed by atoms with Gasteiger partial charge in [-0.25, -0.2) is 0 Å². The highest BCUT2D eigenvalue weighted by Gasteiger charge is 2.30. The van der Waals surface area contributed by atoms with Gasteiger partial charge in [-0.15, -0.1) is 0 Å². The van der Waals surface area contributed by atoms with Gasteiger partial charge in [-0.05, 0) is 37.1 Å². The number of hydrogen-bond acceptors (Lipinski definition) is 2. The maximum absolute atomic E-state index is 13.2. The van der Waals surface area contributed by atoms with Gasteiger partial charge in [0.25, 0.3) is 5.92 Å². The van der Waals surface area contributed by atoms with Crippen molar-refractivity contribution in [2.24, 2.45) is 5.73 Å². The third-order valence-corrected chi connectivity index (χ3v) is 2.17. The van der Waals surface area contributed by atoms with Gasteiger partial charge in [-0.3, -0.25) is 0 Å². The molecular weight excluding hydrogens is 188 g/mol. The zero-order chi connectivity index (χ0) is 10.9. The number of phenols is 1. The highest BCUT2D eigenvalue weighted by molar-refractivity contribution is 5.43. The molecule has 0 heterocycles. The van der Waals surface area contributed by atoms with E-state index in [2.05, 4.69) is 0 Å². The molecule has 14 heavy (non-hydrogen) atoms.